The second-order valence-electron chi connectivity index (χ2n) is 3.54. The van der Waals surface area contributed by atoms with Gasteiger partial charge in [-0.2, -0.15) is 5.10 Å². The molecule has 0 atom stereocenters. The SMILES string of the molecule is CC(C)c1cnn2c1N=C(Cl)CC2. The van der Waals surface area contributed by atoms with E-state index in [1.165, 1.54) is 5.56 Å². The standard InChI is InChI=1S/C9H12ClN3/c1-6(2)7-5-11-13-4-3-8(10)12-9(7)13/h5-6H,3-4H2,1-2H3. The van der Waals surface area contributed by atoms with Crippen LogP contribution in [0, 0.1) is 0 Å². The molecule has 0 aromatic carbocycles. The first-order valence-corrected chi connectivity index (χ1v) is 4.85. The fourth-order valence-corrected chi connectivity index (χ4v) is 1.62. The van der Waals surface area contributed by atoms with Gasteiger partial charge in [0.05, 0.1) is 6.20 Å². The number of halogens is 1. The van der Waals surface area contributed by atoms with Crippen molar-refractivity contribution in [2.45, 2.75) is 32.7 Å². The number of rotatable bonds is 1. The molecule has 0 amide bonds. The summed E-state index contributed by atoms with van der Waals surface area (Å²) in [6.07, 6.45) is 2.69. The van der Waals surface area contributed by atoms with Crippen LogP contribution < -0.4 is 0 Å². The Bertz CT molecular complexity index is 352. The Morgan fingerprint density at radius 3 is 3.00 bits per heavy atom. The third-order valence-electron chi connectivity index (χ3n) is 2.22. The van der Waals surface area contributed by atoms with E-state index >= 15 is 0 Å². The minimum Gasteiger partial charge on any atom is -0.247 e. The van der Waals surface area contributed by atoms with Gasteiger partial charge in [-0.1, -0.05) is 25.4 Å². The Morgan fingerprint density at radius 1 is 1.54 bits per heavy atom. The van der Waals surface area contributed by atoms with Crippen molar-refractivity contribution in [3.05, 3.63) is 11.8 Å². The Morgan fingerprint density at radius 2 is 2.31 bits per heavy atom. The molecule has 0 spiro atoms. The van der Waals surface area contributed by atoms with Crippen molar-refractivity contribution in [1.82, 2.24) is 9.78 Å². The lowest BCUT2D eigenvalue weighted by atomic mass is 10.1. The summed E-state index contributed by atoms with van der Waals surface area (Å²) in [7, 11) is 0. The zero-order valence-corrected chi connectivity index (χ0v) is 8.54. The minimum absolute atomic E-state index is 0.454. The number of fused-ring (bicyclic) bond motifs is 1. The number of hydrogen-bond acceptors (Lipinski definition) is 2. The van der Waals surface area contributed by atoms with Crippen molar-refractivity contribution in [2.75, 3.05) is 0 Å². The summed E-state index contributed by atoms with van der Waals surface area (Å²) in [5.74, 6) is 1.39. The number of hydrogen-bond donors (Lipinski definition) is 0. The van der Waals surface area contributed by atoms with E-state index < -0.39 is 0 Å². The van der Waals surface area contributed by atoms with Gasteiger partial charge in [0.25, 0.3) is 0 Å². The molecule has 2 heterocycles. The van der Waals surface area contributed by atoms with E-state index in [4.69, 9.17) is 11.6 Å². The van der Waals surface area contributed by atoms with Gasteiger partial charge in [0.15, 0.2) is 5.82 Å². The normalized spacial score (nSPS) is 15.8. The molecule has 0 bridgehead atoms. The number of nitrogens with zero attached hydrogens (tertiary/aromatic N) is 3. The van der Waals surface area contributed by atoms with E-state index in [0.717, 1.165) is 18.8 Å². The molecule has 1 aliphatic rings. The molecule has 2 rings (SSSR count). The van der Waals surface area contributed by atoms with Gasteiger partial charge in [-0.15, -0.1) is 0 Å². The molecule has 13 heavy (non-hydrogen) atoms. The highest BCUT2D eigenvalue weighted by Gasteiger charge is 2.17. The predicted molar refractivity (Wildman–Crippen MR) is 53.9 cm³/mol. The Kier molecular flexibility index (Phi) is 2.12. The third-order valence-corrected chi connectivity index (χ3v) is 2.49. The van der Waals surface area contributed by atoms with Crippen molar-refractivity contribution in [1.29, 1.82) is 0 Å². The highest BCUT2D eigenvalue weighted by atomic mass is 35.5. The average Bonchev–Trinajstić information content (AvgIpc) is 2.46. The molecule has 1 aromatic rings. The molecule has 0 saturated carbocycles. The summed E-state index contributed by atoms with van der Waals surface area (Å²) in [6.45, 7) is 5.12. The lowest BCUT2D eigenvalue weighted by Gasteiger charge is -2.11. The summed E-state index contributed by atoms with van der Waals surface area (Å²) in [5, 5.41) is 4.95. The smallest absolute Gasteiger partial charge is 0.155 e. The minimum atomic E-state index is 0.454. The van der Waals surface area contributed by atoms with Gasteiger partial charge in [-0.25, -0.2) is 9.67 Å². The number of aryl methyl sites for hydroxylation is 1. The molecule has 70 valence electrons. The number of aromatic nitrogens is 2. The van der Waals surface area contributed by atoms with Crippen LogP contribution in [-0.2, 0) is 6.54 Å². The van der Waals surface area contributed by atoms with E-state index in [-0.39, 0.29) is 0 Å². The lowest BCUT2D eigenvalue weighted by Crippen LogP contribution is -2.08. The largest absolute Gasteiger partial charge is 0.247 e. The second-order valence-corrected chi connectivity index (χ2v) is 3.98. The molecular weight excluding hydrogens is 186 g/mol. The van der Waals surface area contributed by atoms with Crippen LogP contribution in [0.3, 0.4) is 0 Å². The Hall–Kier alpha value is -0.830. The van der Waals surface area contributed by atoms with E-state index in [0.29, 0.717) is 11.1 Å². The first-order valence-electron chi connectivity index (χ1n) is 4.47. The van der Waals surface area contributed by atoms with E-state index in [9.17, 15) is 0 Å². The van der Waals surface area contributed by atoms with Crippen LogP contribution in [-0.4, -0.2) is 15.0 Å². The molecular formula is C9H12ClN3. The topological polar surface area (TPSA) is 30.2 Å². The second kappa shape index (κ2) is 3.14. The summed E-state index contributed by atoms with van der Waals surface area (Å²) < 4.78 is 1.92. The van der Waals surface area contributed by atoms with Crippen molar-refractivity contribution >= 4 is 22.6 Å². The first-order chi connectivity index (χ1) is 6.18. The maximum absolute atomic E-state index is 5.89. The molecule has 0 N–H and O–H groups in total. The molecule has 0 fully saturated rings. The van der Waals surface area contributed by atoms with Crippen LogP contribution in [0.5, 0.6) is 0 Å². The van der Waals surface area contributed by atoms with Gasteiger partial charge in [0, 0.05) is 18.5 Å². The van der Waals surface area contributed by atoms with Crippen LogP contribution >= 0.6 is 11.6 Å². The highest BCUT2D eigenvalue weighted by molar-refractivity contribution is 6.65. The van der Waals surface area contributed by atoms with Crippen LogP contribution in [0.4, 0.5) is 5.82 Å². The highest BCUT2D eigenvalue weighted by Crippen LogP contribution is 2.29. The summed E-state index contributed by atoms with van der Waals surface area (Å²) >= 11 is 5.89. The zero-order chi connectivity index (χ0) is 9.42. The van der Waals surface area contributed by atoms with E-state index in [1.807, 2.05) is 10.9 Å². The van der Waals surface area contributed by atoms with Crippen molar-refractivity contribution < 1.29 is 0 Å². The molecule has 4 heteroatoms. The molecule has 3 nitrogen and oxygen atoms in total. The monoisotopic (exact) mass is 197 g/mol. The van der Waals surface area contributed by atoms with Gasteiger partial charge in [-0.05, 0) is 5.92 Å². The van der Waals surface area contributed by atoms with Crippen LogP contribution in [0.25, 0.3) is 0 Å². The van der Waals surface area contributed by atoms with Crippen LogP contribution in [0.2, 0.25) is 0 Å². The maximum Gasteiger partial charge on any atom is 0.155 e. The molecule has 0 unspecified atom stereocenters. The van der Waals surface area contributed by atoms with Crippen molar-refractivity contribution in [3.63, 3.8) is 0 Å². The molecule has 1 aliphatic heterocycles. The van der Waals surface area contributed by atoms with Gasteiger partial charge in [0.1, 0.15) is 5.17 Å². The lowest BCUT2D eigenvalue weighted by molar-refractivity contribution is 0.627. The van der Waals surface area contributed by atoms with Gasteiger partial charge < -0.3 is 0 Å². The molecule has 0 radical (unpaired) electrons. The van der Waals surface area contributed by atoms with E-state index in [1.54, 1.807) is 0 Å². The van der Waals surface area contributed by atoms with Crippen LogP contribution in [0.1, 0.15) is 31.7 Å². The zero-order valence-electron chi connectivity index (χ0n) is 7.79. The predicted octanol–water partition coefficient (Wildman–Crippen LogP) is 2.68. The molecule has 0 aliphatic carbocycles. The molecule has 1 aromatic heterocycles. The first kappa shape index (κ1) is 8.75. The fraction of sp³-hybridized carbons (Fsp3) is 0.556. The maximum atomic E-state index is 5.89. The summed E-state index contributed by atoms with van der Waals surface area (Å²) in [6, 6.07) is 0. The van der Waals surface area contributed by atoms with Crippen molar-refractivity contribution in [2.24, 2.45) is 4.99 Å². The Balaban J connectivity index is 2.49. The van der Waals surface area contributed by atoms with Gasteiger partial charge in [-0.3, -0.25) is 0 Å². The quantitative estimate of drug-likeness (QED) is 0.681. The number of aliphatic imine (C=N–C) groups is 1. The van der Waals surface area contributed by atoms with Crippen LogP contribution in [0.15, 0.2) is 11.2 Å². The van der Waals surface area contributed by atoms with Gasteiger partial charge >= 0.3 is 0 Å². The van der Waals surface area contributed by atoms with Gasteiger partial charge in [0.2, 0.25) is 0 Å². The van der Waals surface area contributed by atoms with E-state index in [2.05, 4.69) is 23.9 Å². The third kappa shape index (κ3) is 1.48. The fourth-order valence-electron chi connectivity index (χ4n) is 1.46. The summed E-state index contributed by atoms with van der Waals surface area (Å²) in [4.78, 5) is 4.31. The summed E-state index contributed by atoms with van der Waals surface area (Å²) in [5.41, 5.74) is 1.18. The molecule has 0 saturated heterocycles. The van der Waals surface area contributed by atoms with Crippen molar-refractivity contribution in [3.8, 4) is 0 Å². The Labute approximate surface area is 82.4 Å². The average molecular weight is 198 g/mol.